The standard InChI is InChI=1S/C20H29N3O3S/c1-19(2,3)16-11-15(24)12-20(26-16)4-6-22(7-5-20)17(25)10-14-13-23-8-9-27-18(23)21-14/h8-9,13,15-16,24H,4-7,10-12H2,1-3H3/t15-,16-/m1/s1. The monoisotopic (exact) mass is 391 g/mol. The molecule has 2 aliphatic heterocycles. The Morgan fingerprint density at radius 3 is 2.81 bits per heavy atom. The van der Waals surface area contributed by atoms with Crippen LogP contribution in [0.5, 0.6) is 0 Å². The first-order valence-electron chi connectivity index (χ1n) is 9.79. The van der Waals surface area contributed by atoms with E-state index in [-0.39, 0.29) is 29.1 Å². The van der Waals surface area contributed by atoms with E-state index in [9.17, 15) is 9.90 Å². The van der Waals surface area contributed by atoms with E-state index in [2.05, 4.69) is 25.8 Å². The summed E-state index contributed by atoms with van der Waals surface area (Å²) in [6.45, 7) is 7.86. The Morgan fingerprint density at radius 1 is 1.41 bits per heavy atom. The highest BCUT2D eigenvalue weighted by Crippen LogP contribution is 2.42. The Hall–Kier alpha value is -1.44. The average molecular weight is 392 g/mol. The number of piperidine rings is 1. The topological polar surface area (TPSA) is 67.1 Å². The maximum atomic E-state index is 12.7. The van der Waals surface area contributed by atoms with Crippen LogP contribution in [-0.4, -0.2) is 56.2 Å². The number of carbonyl (C=O) groups is 1. The molecule has 2 aromatic heterocycles. The summed E-state index contributed by atoms with van der Waals surface area (Å²) in [7, 11) is 0. The summed E-state index contributed by atoms with van der Waals surface area (Å²) in [4.78, 5) is 20.1. The van der Waals surface area contributed by atoms with Crippen LogP contribution in [0.15, 0.2) is 17.8 Å². The van der Waals surface area contributed by atoms with E-state index in [0.717, 1.165) is 23.5 Å². The van der Waals surface area contributed by atoms with E-state index in [1.165, 1.54) is 0 Å². The lowest BCUT2D eigenvalue weighted by Gasteiger charge is -2.50. The molecule has 4 rings (SSSR count). The van der Waals surface area contributed by atoms with Crippen molar-refractivity contribution in [3.05, 3.63) is 23.5 Å². The third-order valence-corrected chi connectivity index (χ3v) is 6.73. The number of aliphatic hydroxyl groups excluding tert-OH is 1. The normalized spacial score (nSPS) is 26.0. The summed E-state index contributed by atoms with van der Waals surface area (Å²) >= 11 is 1.57. The number of ether oxygens (including phenoxy) is 1. The van der Waals surface area contributed by atoms with Gasteiger partial charge in [-0.15, -0.1) is 11.3 Å². The highest BCUT2D eigenvalue weighted by atomic mass is 32.1. The first kappa shape index (κ1) is 18.9. The lowest BCUT2D eigenvalue weighted by atomic mass is 9.76. The van der Waals surface area contributed by atoms with Gasteiger partial charge >= 0.3 is 0 Å². The van der Waals surface area contributed by atoms with Gasteiger partial charge < -0.3 is 14.7 Å². The van der Waals surface area contributed by atoms with E-state index in [4.69, 9.17) is 4.74 Å². The molecule has 0 bridgehead atoms. The van der Waals surface area contributed by atoms with Crippen LogP contribution in [0.2, 0.25) is 0 Å². The van der Waals surface area contributed by atoms with E-state index < -0.39 is 0 Å². The van der Waals surface area contributed by atoms with Crippen molar-refractivity contribution in [2.45, 2.75) is 70.7 Å². The van der Waals surface area contributed by atoms with Crippen molar-refractivity contribution in [1.82, 2.24) is 14.3 Å². The smallest absolute Gasteiger partial charge is 0.228 e. The Bertz CT molecular complexity index is 785. The van der Waals surface area contributed by atoms with Crippen LogP contribution in [0.25, 0.3) is 4.96 Å². The van der Waals surface area contributed by atoms with Gasteiger partial charge in [-0.05, 0) is 18.3 Å². The number of fused-ring (bicyclic) bond motifs is 1. The molecule has 2 saturated heterocycles. The molecule has 2 fully saturated rings. The van der Waals surface area contributed by atoms with Crippen LogP contribution in [0.1, 0.15) is 52.1 Å². The Balaban J connectivity index is 1.37. The second-order valence-corrected chi connectivity index (χ2v) is 10.0. The summed E-state index contributed by atoms with van der Waals surface area (Å²) < 4.78 is 8.47. The molecule has 2 aliphatic rings. The highest BCUT2D eigenvalue weighted by molar-refractivity contribution is 7.15. The Kier molecular flexibility index (Phi) is 4.81. The zero-order chi connectivity index (χ0) is 19.2. The van der Waals surface area contributed by atoms with Crippen molar-refractivity contribution < 1.29 is 14.6 Å². The van der Waals surface area contributed by atoms with Crippen LogP contribution in [0.3, 0.4) is 0 Å². The molecule has 0 aromatic carbocycles. The zero-order valence-electron chi connectivity index (χ0n) is 16.4. The minimum atomic E-state index is -0.316. The van der Waals surface area contributed by atoms with Gasteiger partial charge in [0.05, 0.1) is 29.9 Å². The molecule has 27 heavy (non-hydrogen) atoms. The van der Waals surface area contributed by atoms with Crippen LogP contribution in [-0.2, 0) is 16.0 Å². The molecule has 148 valence electrons. The number of likely N-dealkylation sites (tertiary alicyclic amines) is 1. The molecule has 1 amide bonds. The van der Waals surface area contributed by atoms with Gasteiger partial charge in [-0.3, -0.25) is 9.20 Å². The largest absolute Gasteiger partial charge is 0.393 e. The number of thiazole rings is 1. The molecule has 2 aromatic rings. The number of hydrogen-bond acceptors (Lipinski definition) is 5. The van der Waals surface area contributed by atoms with Crippen LogP contribution in [0.4, 0.5) is 0 Å². The van der Waals surface area contributed by atoms with Crippen molar-refractivity contribution in [3.8, 4) is 0 Å². The van der Waals surface area contributed by atoms with E-state index in [0.29, 0.717) is 32.4 Å². The van der Waals surface area contributed by atoms with Crippen molar-refractivity contribution in [1.29, 1.82) is 0 Å². The quantitative estimate of drug-likeness (QED) is 0.855. The number of amides is 1. The lowest BCUT2D eigenvalue weighted by Crippen LogP contribution is -2.56. The number of hydrogen-bond donors (Lipinski definition) is 1. The van der Waals surface area contributed by atoms with Gasteiger partial charge in [-0.2, -0.15) is 0 Å². The molecule has 2 atom stereocenters. The third kappa shape index (κ3) is 3.91. The molecule has 6 nitrogen and oxygen atoms in total. The maximum Gasteiger partial charge on any atom is 0.228 e. The predicted molar refractivity (Wildman–Crippen MR) is 105 cm³/mol. The number of nitrogens with zero attached hydrogens (tertiary/aromatic N) is 3. The summed E-state index contributed by atoms with van der Waals surface area (Å²) in [5.41, 5.74) is 0.544. The average Bonchev–Trinajstić information content (AvgIpc) is 3.15. The fourth-order valence-electron chi connectivity index (χ4n) is 4.30. The maximum absolute atomic E-state index is 12.7. The number of rotatable bonds is 2. The van der Waals surface area contributed by atoms with Gasteiger partial charge in [-0.1, -0.05) is 20.8 Å². The SMILES string of the molecule is CC(C)(C)[C@H]1C[C@@H](O)CC2(CCN(C(=O)Cc3cn4ccsc4n3)CC2)O1. The summed E-state index contributed by atoms with van der Waals surface area (Å²) in [5, 5.41) is 12.4. The number of aliphatic hydroxyl groups is 1. The Labute approximate surface area is 164 Å². The molecule has 0 unspecified atom stereocenters. The Morgan fingerprint density at radius 2 is 2.15 bits per heavy atom. The minimum absolute atomic E-state index is 0.00926. The molecule has 7 heteroatoms. The molecular weight excluding hydrogens is 362 g/mol. The van der Waals surface area contributed by atoms with Crippen LogP contribution < -0.4 is 0 Å². The molecular formula is C20H29N3O3S. The number of aromatic nitrogens is 2. The third-order valence-electron chi connectivity index (χ3n) is 5.95. The predicted octanol–water partition coefficient (Wildman–Crippen LogP) is 2.89. The number of carbonyl (C=O) groups excluding carboxylic acids is 1. The molecule has 0 aliphatic carbocycles. The van der Waals surface area contributed by atoms with Gasteiger partial charge in [-0.25, -0.2) is 4.98 Å². The fraction of sp³-hybridized carbons (Fsp3) is 0.700. The molecule has 1 N–H and O–H groups in total. The zero-order valence-corrected chi connectivity index (χ0v) is 17.2. The first-order chi connectivity index (χ1) is 12.7. The minimum Gasteiger partial charge on any atom is -0.393 e. The molecule has 4 heterocycles. The number of imidazole rings is 1. The summed E-state index contributed by atoms with van der Waals surface area (Å²) in [6, 6.07) is 0. The van der Waals surface area contributed by atoms with E-state index >= 15 is 0 Å². The second kappa shape index (κ2) is 6.87. The van der Waals surface area contributed by atoms with Gasteiger partial charge in [0, 0.05) is 43.7 Å². The van der Waals surface area contributed by atoms with Crippen molar-refractivity contribution in [2.75, 3.05) is 13.1 Å². The van der Waals surface area contributed by atoms with Crippen LogP contribution >= 0.6 is 11.3 Å². The van der Waals surface area contributed by atoms with Gasteiger partial charge in [0.15, 0.2) is 4.96 Å². The van der Waals surface area contributed by atoms with Gasteiger partial charge in [0.1, 0.15) is 0 Å². The highest BCUT2D eigenvalue weighted by Gasteiger charge is 2.46. The van der Waals surface area contributed by atoms with Crippen molar-refractivity contribution in [2.24, 2.45) is 5.41 Å². The molecule has 0 saturated carbocycles. The summed E-state index contributed by atoms with van der Waals surface area (Å²) in [5.74, 6) is 0.124. The van der Waals surface area contributed by atoms with E-state index in [1.807, 2.05) is 27.1 Å². The van der Waals surface area contributed by atoms with E-state index in [1.54, 1.807) is 11.3 Å². The van der Waals surface area contributed by atoms with Gasteiger partial charge in [0.2, 0.25) is 5.91 Å². The summed E-state index contributed by atoms with van der Waals surface area (Å²) in [6.07, 6.45) is 6.94. The van der Waals surface area contributed by atoms with Crippen LogP contribution in [0, 0.1) is 5.41 Å². The fourth-order valence-corrected chi connectivity index (χ4v) is 5.02. The lowest BCUT2D eigenvalue weighted by molar-refractivity contribution is -0.207. The van der Waals surface area contributed by atoms with Gasteiger partial charge in [0.25, 0.3) is 0 Å². The van der Waals surface area contributed by atoms with Crippen molar-refractivity contribution in [3.63, 3.8) is 0 Å². The molecule has 1 spiro atoms. The molecule has 0 radical (unpaired) electrons. The second-order valence-electron chi connectivity index (χ2n) is 9.13. The first-order valence-corrected chi connectivity index (χ1v) is 10.7. The van der Waals surface area contributed by atoms with Crippen molar-refractivity contribution >= 4 is 22.2 Å².